The van der Waals surface area contributed by atoms with Crippen LogP contribution >= 0.6 is 0 Å². The van der Waals surface area contributed by atoms with Crippen molar-refractivity contribution in [3.8, 4) is 17.1 Å². The van der Waals surface area contributed by atoms with Crippen LogP contribution in [-0.2, 0) is 11.2 Å². The van der Waals surface area contributed by atoms with Gasteiger partial charge >= 0.3 is 0 Å². The van der Waals surface area contributed by atoms with Crippen molar-refractivity contribution in [2.75, 3.05) is 25.1 Å². The van der Waals surface area contributed by atoms with Crippen molar-refractivity contribution in [2.45, 2.75) is 18.9 Å². The van der Waals surface area contributed by atoms with E-state index in [4.69, 9.17) is 14.7 Å². The molecular weight excluding hydrogens is 380 g/mol. The molecule has 0 saturated carbocycles. The Kier molecular flexibility index (Phi) is 4.98. The quantitative estimate of drug-likeness (QED) is 0.511. The van der Waals surface area contributed by atoms with Gasteiger partial charge in [0.25, 0.3) is 0 Å². The van der Waals surface area contributed by atoms with Crippen molar-refractivity contribution >= 4 is 17.0 Å². The van der Waals surface area contributed by atoms with E-state index in [1.807, 2.05) is 36.7 Å². The summed E-state index contributed by atoms with van der Waals surface area (Å²) in [5, 5.41) is 13.4. The molecule has 8 heteroatoms. The van der Waals surface area contributed by atoms with E-state index in [0.29, 0.717) is 37.0 Å². The van der Waals surface area contributed by atoms with Crippen molar-refractivity contribution in [1.82, 2.24) is 24.5 Å². The number of nitrogens with zero attached hydrogens (tertiary/aromatic N) is 5. The Balaban J connectivity index is 1.50. The first-order chi connectivity index (χ1) is 14.8. The maximum Gasteiger partial charge on any atom is 0.166 e. The summed E-state index contributed by atoms with van der Waals surface area (Å²) in [4.78, 5) is 18.3. The average Bonchev–Trinajstić information content (AvgIpc) is 3.45. The van der Waals surface area contributed by atoms with Gasteiger partial charge in [0.1, 0.15) is 11.3 Å². The number of fused-ring (bicyclic) bond motifs is 1. The van der Waals surface area contributed by atoms with Gasteiger partial charge < -0.3 is 19.7 Å². The number of phenols is 1. The number of para-hydroxylation sites is 1. The van der Waals surface area contributed by atoms with Crippen LogP contribution in [0.2, 0.25) is 0 Å². The highest BCUT2D eigenvalue weighted by Gasteiger charge is 2.22. The third-order valence-corrected chi connectivity index (χ3v) is 5.32. The Morgan fingerprint density at radius 3 is 2.90 bits per heavy atom. The lowest BCUT2D eigenvalue weighted by Crippen LogP contribution is -2.11. The fourth-order valence-corrected chi connectivity index (χ4v) is 3.71. The normalized spacial score (nSPS) is 16.2. The molecule has 0 aliphatic carbocycles. The largest absolute Gasteiger partial charge is 0.508 e. The second-order valence-electron chi connectivity index (χ2n) is 7.28. The fourth-order valence-electron chi connectivity index (χ4n) is 3.71. The van der Waals surface area contributed by atoms with Crippen LogP contribution in [0.1, 0.15) is 18.0 Å². The lowest BCUT2D eigenvalue weighted by atomic mass is 10.1. The molecule has 1 saturated heterocycles. The van der Waals surface area contributed by atoms with Crippen molar-refractivity contribution in [1.29, 1.82) is 0 Å². The molecule has 2 N–H and O–H groups in total. The number of anilines is 1. The van der Waals surface area contributed by atoms with E-state index in [9.17, 15) is 5.11 Å². The molecule has 0 radical (unpaired) electrons. The summed E-state index contributed by atoms with van der Waals surface area (Å²) in [6, 6.07) is 11.4. The number of aromatic hydroxyl groups is 1. The molecule has 152 valence electrons. The van der Waals surface area contributed by atoms with Crippen molar-refractivity contribution < 1.29 is 9.84 Å². The van der Waals surface area contributed by atoms with E-state index in [1.54, 1.807) is 18.5 Å². The summed E-state index contributed by atoms with van der Waals surface area (Å²) < 4.78 is 7.64. The predicted molar refractivity (Wildman–Crippen MR) is 113 cm³/mol. The van der Waals surface area contributed by atoms with Crippen molar-refractivity contribution in [3.63, 3.8) is 0 Å². The van der Waals surface area contributed by atoms with Gasteiger partial charge in [-0.15, -0.1) is 0 Å². The lowest BCUT2D eigenvalue weighted by Gasteiger charge is -2.12. The second-order valence-corrected chi connectivity index (χ2v) is 7.28. The van der Waals surface area contributed by atoms with Gasteiger partial charge in [0.2, 0.25) is 0 Å². The van der Waals surface area contributed by atoms with Crippen LogP contribution in [0.15, 0.2) is 55.1 Å². The minimum absolute atomic E-state index is 0.223. The van der Waals surface area contributed by atoms with Crippen LogP contribution in [0.3, 0.4) is 0 Å². The molecule has 4 heterocycles. The summed E-state index contributed by atoms with van der Waals surface area (Å²) in [5.74, 6) is 1.57. The van der Waals surface area contributed by atoms with Crippen molar-refractivity contribution in [3.05, 3.63) is 60.7 Å². The minimum Gasteiger partial charge on any atom is -0.508 e. The van der Waals surface area contributed by atoms with E-state index >= 15 is 0 Å². The molecule has 1 aromatic carbocycles. The number of imidazole rings is 1. The van der Waals surface area contributed by atoms with Gasteiger partial charge in [-0.1, -0.05) is 18.2 Å². The molecule has 5 rings (SSSR count). The van der Waals surface area contributed by atoms with Crippen LogP contribution in [0.25, 0.3) is 22.6 Å². The number of nitrogens with one attached hydrogen (secondary N) is 1. The molecule has 0 amide bonds. The van der Waals surface area contributed by atoms with Gasteiger partial charge in [-0.25, -0.2) is 15.0 Å². The summed E-state index contributed by atoms with van der Waals surface area (Å²) >= 11 is 0. The number of pyridine rings is 1. The summed E-state index contributed by atoms with van der Waals surface area (Å²) in [6.45, 7) is 2.01. The first kappa shape index (κ1) is 18.5. The molecule has 1 unspecified atom stereocenters. The third-order valence-electron chi connectivity index (χ3n) is 5.32. The molecule has 4 aromatic rings. The van der Waals surface area contributed by atoms with Gasteiger partial charge in [-0.3, -0.25) is 4.98 Å². The molecule has 8 nitrogen and oxygen atoms in total. The Bertz CT molecular complexity index is 1150. The minimum atomic E-state index is 0.223. The monoisotopic (exact) mass is 402 g/mol. The van der Waals surface area contributed by atoms with Gasteiger partial charge in [0.05, 0.1) is 19.0 Å². The number of rotatable bonds is 6. The van der Waals surface area contributed by atoms with Crippen LogP contribution in [-0.4, -0.2) is 49.4 Å². The highest BCUT2D eigenvalue weighted by Crippen LogP contribution is 2.28. The second kappa shape index (κ2) is 8.08. The predicted octanol–water partition coefficient (Wildman–Crippen LogP) is 3.21. The molecule has 3 aromatic heterocycles. The zero-order valence-corrected chi connectivity index (χ0v) is 16.4. The maximum atomic E-state index is 10.0. The molecule has 30 heavy (non-hydrogen) atoms. The molecule has 1 aliphatic rings. The smallest absolute Gasteiger partial charge is 0.166 e. The fraction of sp³-hybridized carbons (Fsp3) is 0.273. The number of aromatic nitrogens is 5. The zero-order chi connectivity index (χ0) is 20.3. The standard InChI is InChI=1S/C22H22N6O2/c29-18-6-2-1-4-15(18)7-10-24-21-19-22(28(14-25-19)17-8-11-30-13-17)27-20(26-21)16-5-3-9-23-12-16/h1-6,9,12,14,17,29H,7-8,10-11,13H2,(H,24,26,27). The zero-order valence-electron chi connectivity index (χ0n) is 16.4. The van der Waals surface area contributed by atoms with E-state index in [1.165, 1.54) is 0 Å². The van der Waals surface area contributed by atoms with Gasteiger partial charge in [0.15, 0.2) is 17.3 Å². The maximum absolute atomic E-state index is 10.0. The average molecular weight is 402 g/mol. The Hall–Kier alpha value is -3.52. The summed E-state index contributed by atoms with van der Waals surface area (Å²) in [5.41, 5.74) is 3.24. The molecule has 1 atom stereocenters. The molecule has 0 spiro atoms. The topological polar surface area (TPSA) is 98.0 Å². The van der Waals surface area contributed by atoms with Crippen LogP contribution in [0.4, 0.5) is 5.82 Å². The molecule has 1 fully saturated rings. The lowest BCUT2D eigenvalue weighted by molar-refractivity contribution is 0.187. The van der Waals surface area contributed by atoms with Gasteiger partial charge in [-0.2, -0.15) is 0 Å². The highest BCUT2D eigenvalue weighted by molar-refractivity contribution is 5.85. The van der Waals surface area contributed by atoms with Crippen LogP contribution < -0.4 is 5.32 Å². The van der Waals surface area contributed by atoms with Crippen LogP contribution in [0.5, 0.6) is 5.75 Å². The van der Waals surface area contributed by atoms with Crippen LogP contribution in [0, 0.1) is 0 Å². The number of phenolic OH excluding ortho intramolecular Hbond substituents is 1. The van der Waals surface area contributed by atoms with Gasteiger partial charge in [0, 0.05) is 31.1 Å². The van der Waals surface area contributed by atoms with E-state index < -0.39 is 0 Å². The Morgan fingerprint density at radius 1 is 1.17 bits per heavy atom. The Labute approximate surface area is 173 Å². The molecule has 0 bridgehead atoms. The summed E-state index contributed by atoms with van der Waals surface area (Å²) in [7, 11) is 0. The number of hydrogen-bond acceptors (Lipinski definition) is 7. The van der Waals surface area contributed by atoms with E-state index in [2.05, 4.69) is 19.9 Å². The number of benzene rings is 1. The third kappa shape index (κ3) is 3.57. The number of hydrogen-bond donors (Lipinski definition) is 2. The van der Waals surface area contributed by atoms with E-state index in [-0.39, 0.29) is 6.04 Å². The van der Waals surface area contributed by atoms with Gasteiger partial charge in [-0.05, 0) is 36.6 Å². The van der Waals surface area contributed by atoms with Crippen molar-refractivity contribution in [2.24, 2.45) is 0 Å². The molecule has 1 aliphatic heterocycles. The first-order valence-corrected chi connectivity index (χ1v) is 10.0. The van der Waals surface area contributed by atoms with E-state index in [0.717, 1.165) is 35.3 Å². The summed E-state index contributed by atoms with van der Waals surface area (Å²) in [6.07, 6.45) is 6.91. The Morgan fingerprint density at radius 2 is 2.10 bits per heavy atom. The number of ether oxygens (including phenoxy) is 1. The first-order valence-electron chi connectivity index (χ1n) is 10.0. The highest BCUT2D eigenvalue weighted by atomic mass is 16.5. The molecular formula is C22H22N6O2. The SMILES string of the molecule is Oc1ccccc1CCNc1nc(-c2cccnc2)nc2c1ncn2C1CCOC1.